The van der Waals surface area contributed by atoms with E-state index in [0.717, 1.165) is 17.8 Å². The zero-order valence-corrected chi connectivity index (χ0v) is 8.14. The number of rotatable bonds is 0. The number of hydrogen-bond donors (Lipinski definition) is 0. The van der Waals surface area contributed by atoms with Crippen LogP contribution in [0, 0.1) is 23.2 Å². The molecule has 0 aromatic carbocycles. The van der Waals surface area contributed by atoms with Crippen LogP contribution in [0.1, 0.15) is 39.5 Å². The van der Waals surface area contributed by atoms with Crippen molar-refractivity contribution < 1.29 is 0 Å². The molecule has 4 unspecified atom stereocenters. The Morgan fingerprint density at radius 1 is 1.50 bits per heavy atom. The first-order valence-electron chi connectivity index (χ1n) is 5.41. The minimum atomic E-state index is 0.699. The summed E-state index contributed by atoms with van der Waals surface area (Å²) in [5.41, 5.74) is 2.50. The Labute approximate surface area is 75.0 Å². The predicted molar refractivity (Wildman–Crippen MR) is 50.8 cm³/mol. The normalized spacial score (nSPS) is 55.8. The molecule has 1 fully saturated rings. The fourth-order valence-corrected chi connectivity index (χ4v) is 4.04. The van der Waals surface area contributed by atoms with Crippen LogP contribution in [0.3, 0.4) is 0 Å². The Morgan fingerprint density at radius 3 is 3.00 bits per heavy atom. The molecule has 3 aliphatic rings. The van der Waals surface area contributed by atoms with Crippen molar-refractivity contribution >= 4 is 0 Å². The van der Waals surface area contributed by atoms with Gasteiger partial charge in [0.05, 0.1) is 0 Å². The predicted octanol–water partition coefficient (Wildman–Crippen LogP) is 3.39. The van der Waals surface area contributed by atoms with Gasteiger partial charge in [-0.1, -0.05) is 31.9 Å². The zero-order valence-electron chi connectivity index (χ0n) is 8.14. The Morgan fingerprint density at radius 2 is 2.33 bits per heavy atom. The van der Waals surface area contributed by atoms with Gasteiger partial charge in [0.15, 0.2) is 0 Å². The molecule has 66 valence electrons. The van der Waals surface area contributed by atoms with Gasteiger partial charge in [0, 0.05) is 0 Å². The average Bonchev–Trinajstić information content (AvgIpc) is 2.50. The molecule has 0 nitrogen and oxygen atoms in total. The van der Waals surface area contributed by atoms with Crippen molar-refractivity contribution in [2.45, 2.75) is 39.5 Å². The van der Waals surface area contributed by atoms with Gasteiger partial charge >= 0.3 is 0 Å². The van der Waals surface area contributed by atoms with Crippen LogP contribution in [0.2, 0.25) is 0 Å². The maximum Gasteiger partial charge on any atom is -0.0140 e. The Balaban J connectivity index is 2.01. The lowest BCUT2D eigenvalue weighted by molar-refractivity contribution is 0.0648. The van der Waals surface area contributed by atoms with Crippen LogP contribution in [0.5, 0.6) is 0 Å². The summed E-state index contributed by atoms with van der Waals surface area (Å²) in [5.74, 6) is 2.94. The maximum absolute atomic E-state index is 2.62. The van der Waals surface area contributed by atoms with Crippen molar-refractivity contribution in [3.63, 3.8) is 0 Å². The molecule has 0 radical (unpaired) electrons. The van der Waals surface area contributed by atoms with E-state index in [4.69, 9.17) is 0 Å². The first-order valence-corrected chi connectivity index (χ1v) is 5.41. The quantitative estimate of drug-likeness (QED) is 0.479. The Kier molecular flexibility index (Phi) is 1.18. The summed E-state index contributed by atoms with van der Waals surface area (Å²) >= 11 is 0. The summed E-state index contributed by atoms with van der Waals surface area (Å²) < 4.78 is 0. The van der Waals surface area contributed by atoms with E-state index >= 15 is 0 Å². The Hall–Kier alpha value is -0.260. The second-order valence-corrected chi connectivity index (χ2v) is 5.44. The second kappa shape index (κ2) is 1.97. The van der Waals surface area contributed by atoms with Gasteiger partial charge in [-0.2, -0.15) is 0 Å². The van der Waals surface area contributed by atoms with Gasteiger partial charge in [-0.25, -0.2) is 0 Å². The lowest BCUT2D eigenvalue weighted by Crippen LogP contribution is -2.38. The summed E-state index contributed by atoms with van der Waals surface area (Å²) in [7, 11) is 0. The molecular weight excluding hydrogens is 144 g/mol. The fourth-order valence-electron chi connectivity index (χ4n) is 4.04. The van der Waals surface area contributed by atoms with E-state index in [2.05, 4.69) is 19.9 Å². The largest absolute Gasteiger partial charge is 0.0811 e. The molecule has 2 bridgehead atoms. The summed E-state index contributed by atoms with van der Waals surface area (Å²) in [6.45, 7) is 4.96. The summed E-state index contributed by atoms with van der Waals surface area (Å²) in [4.78, 5) is 0. The van der Waals surface area contributed by atoms with Gasteiger partial charge in [0.25, 0.3) is 0 Å². The lowest BCUT2D eigenvalue weighted by Gasteiger charge is -2.46. The molecule has 3 rings (SSSR count). The van der Waals surface area contributed by atoms with Crippen LogP contribution in [-0.2, 0) is 0 Å². The van der Waals surface area contributed by atoms with Crippen molar-refractivity contribution in [3.05, 3.63) is 11.6 Å². The van der Waals surface area contributed by atoms with Gasteiger partial charge in [-0.15, -0.1) is 0 Å². The molecule has 0 N–H and O–H groups in total. The Bertz CT molecular complexity index is 251. The minimum absolute atomic E-state index is 0.699. The molecule has 1 saturated carbocycles. The monoisotopic (exact) mass is 162 g/mol. The van der Waals surface area contributed by atoms with Gasteiger partial charge in [-0.3, -0.25) is 0 Å². The van der Waals surface area contributed by atoms with Crippen LogP contribution >= 0.6 is 0 Å². The van der Waals surface area contributed by atoms with E-state index in [0.29, 0.717) is 5.41 Å². The standard InChI is InChI=1S/C12H18/c1-8-9-6-11-10(8)4-3-5-12(11,2)7-9/h6,8,10-11H,3-5,7H2,1-2H3. The van der Waals surface area contributed by atoms with Crippen molar-refractivity contribution in [1.29, 1.82) is 0 Å². The highest BCUT2D eigenvalue weighted by molar-refractivity contribution is 5.29. The number of hydrogen-bond acceptors (Lipinski definition) is 0. The van der Waals surface area contributed by atoms with Crippen molar-refractivity contribution in [3.8, 4) is 0 Å². The van der Waals surface area contributed by atoms with Gasteiger partial charge in [0.1, 0.15) is 0 Å². The van der Waals surface area contributed by atoms with Crippen molar-refractivity contribution in [2.24, 2.45) is 23.2 Å². The molecule has 0 aromatic rings. The first kappa shape index (κ1) is 7.17. The first-order chi connectivity index (χ1) is 5.71. The molecule has 12 heavy (non-hydrogen) atoms. The third-order valence-electron chi connectivity index (χ3n) is 4.78. The van der Waals surface area contributed by atoms with Crippen molar-refractivity contribution in [1.82, 2.24) is 0 Å². The van der Waals surface area contributed by atoms with E-state index in [1.54, 1.807) is 5.57 Å². The van der Waals surface area contributed by atoms with E-state index < -0.39 is 0 Å². The topological polar surface area (TPSA) is 0 Å². The summed E-state index contributed by atoms with van der Waals surface area (Å²) in [5, 5.41) is 0. The van der Waals surface area contributed by atoms with Gasteiger partial charge < -0.3 is 0 Å². The highest BCUT2D eigenvalue weighted by Crippen LogP contribution is 2.62. The van der Waals surface area contributed by atoms with Crippen LogP contribution in [0.15, 0.2) is 11.6 Å². The van der Waals surface area contributed by atoms with Crippen LogP contribution < -0.4 is 0 Å². The molecule has 0 aromatic heterocycles. The van der Waals surface area contributed by atoms with E-state index in [1.807, 2.05) is 0 Å². The van der Waals surface area contributed by atoms with Crippen molar-refractivity contribution in [2.75, 3.05) is 0 Å². The SMILES string of the molecule is CC1C2=CC3C1CCCC3(C)C2. The van der Waals surface area contributed by atoms with E-state index in [1.165, 1.54) is 25.7 Å². The average molecular weight is 162 g/mol. The lowest BCUT2D eigenvalue weighted by atomic mass is 9.58. The highest BCUT2D eigenvalue weighted by Gasteiger charge is 2.52. The highest BCUT2D eigenvalue weighted by atomic mass is 14.6. The van der Waals surface area contributed by atoms with Crippen LogP contribution in [0.4, 0.5) is 0 Å². The number of allylic oxidation sites excluding steroid dienone is 2. The summed E-state index contributed by atoms with van der Waals surface area (Å²) in [6.07, 6.45) is 8.52. The molecule has 0 amide bonds. The smallest absolute Gasteiger partial charge is 0.0140 e. The third kappa shape index (κ3) is 0.654. The molecule has 4 atom stereocenters. The van der Waals surface area contributed by atoms with E-state index in [-0.39, 0.29) is 0 Å². The minimum Gasteiger partial charge on any atom is -0.0811 e. The molecule has 0 heterocycles. The second-order valence-electron chi connectivity index (χ2n) is 5.44. The van der Waals surface area contributed by atoms with Gasteiger partial charge in [0.2, 0.25) is 0 Å². The molecule has 0 saturated heterocycles. The summed E-state index contributed by atoms with van der Waals surface area (Å²) in [6, 6.07) is 0. The molecule has 3 aliphatic carbocycles. The van der Waals surface area contributed by atoms with Gasteiger partial charge in [-0.05, 0) is 42.4 Å². The molecule has 0 spiro atoms. The fraction of sp³-hybridized carbons (Fsp3) is 0.833. The van der Waals surface area contributed by atoms with E-state index in [9.17, 15) is 0 Å². The maximum atomic E-state index is 2.62. The third-order valence-corrected chi connectivity index (χ3v) is 4.78. The van der Waals surface area contributed by atoms with Crippen LogP contribution in [-0.4, -0.2) is 0 Å². The molecular formula is C12H18. The molecule has 0 heteroatoms. The zero-order chi connectivity index (χ0) is 8.34. The van der Waals surface area contributed by atoms with Crippen LogP contribution in [0.25, 0.3) is 0 Å². The molecule has 0 aliphatic heterocycles.